The molecule has 2 rings (SSSR count). The summed E-state index contributed by atoms with van der Waals surface area (Å²) in [6, 6.07) is 8.25. The molecular weight excluding hydrogens is 351 g/mol. The minimum Gasteiger partial charge on any atom is -0.376 e. The van der Waals surface area contributed by atoms with Crippen LogP contribution in [-0.4, -0.2) is 11.4 Å². The first-order valence-corrected chi connectivity index (χ1v) is 6.04. The molecule has 0 amide bonds. The van der Waals surface area contributed by atoms with Crippen molar-refractivity contribution >= 4 is 21.6 Å². The van der Waals surface area contributed by atoms with E-state index in [2.05, 4.69) is 52.5 Å². The second kappa shape index (κ2) is 6.68. The van der Waals surface area contributed by atoms with Gasteiger partial charge in [0.1, 0.15) is 0 Å². The van der Waals surface area contributed by atoms with E-state index in [0.29, 0.717) is 0 Å². The van der Waals surface area contributed by atoms with Crippen molar-refractivity contribution in [3.05, 3.63) is 64.8 Å². The number of halogens is 1. The Balaban J connectivity index is 0.00000144. The van der Waals surface area contributed by atoms with Gasteiger partial charge in [0, 0.05) is 43.7 Å². The van der Waals surface area contributed by atoms with Crippen LogP contribution in [0.15, 0.2) is 53.2 Å². The molecule has 85 valence electrons. The Morgan fingerprint density at radius 2 is 1.94 bits per heavy atom. The molecule has 0 aromatic heterocycles. The van der Waals surface area contributed by atoms with Gasteiger partial charge in [0.15, 0.2) is 0 Å². The van der Waals surface area contributed by atoms with Crippen LogP contribution in [0, 0.1) is 6.08 Å². The van der Waals surface area contributed by atoms with Gasteiger partial charge >= 0.3 is 0 Å². The Labute approximate surface area is 136 Å². The average Bonchev–Trinajstić information content (AvgIpc) is 2.30. The molecule has 0 saturated carbocycles. The Bertz CT molecular complexity index is 460. The van der Waals surface area contributed by atoms with Gasteiger partial charge in [-0.3, -0.25) is 0 Å². The van der Waals surface area contributed by atoms with Crippen LogP contribution < -0.4 is 0 Å². The smallest absolute Gasteiger partial charge is 0.0169 e. The second-order valence-corrected chi connectivity index (χ2v) is 4.48. The summed E-state index contributed by atoms with van der Waals surface area (Å²) >= 11 is 3.44. The maximum Gasteiger partial charge on any atom is 0.0169 e. The van der Waals surface area contributed by atoms with Crippen LogP contribution in [0.25, 0.3) is 5.70 Å². The fourth-order valence-electron chi connectivity index (χ4n) is 1.74. The van der Waals surface area contributed by atoms with Crippen LogP contribution in [0.2, 0.25) is 0 Å². The summed E-state index contributed by atoms with van der Waals surface area (Å²) in [5.41, 5.74) is 3.26. The molecule has 1 nitrogen and oxygen atoms in total. The number of nitrogens with zero attached hydrogens (tertiary/aromatic N) is 1. The molecule has 0 fully saturated rings. The first-order valence-electron chi connectivity index (χ1n) is 5.25. The van der Waals surface area contributed by atoms with Crippen molar-refractivity contribution in [3.8, 4) is 0 Å². The SMILES string of the molecule is C=C1C=C[C-]=C(c2ccc(Br)cc2)N1CC.[Y]. The van der Waals surface area contributed by atoms with Crippen molar-refractivity contribution in [3.63, 3.8) is 0 Å². The van der Waals surface area contributed by atoms with Gasteiger partial charge in [-0.2, -0.15) is 12.2 Å². The average molecular weight is 364 g/mol. The third-order valence-electron chi connectivity index (χ3n) is 2.55. The molecular formula is C14H13BrNY-. The summed E-state index contributed by atoms with van der Waals surface area (Å²) in [6.45, 7) is 7.05. The molecule has 1 aromatic carbocycles. The van der Waals surface area contributed by atoms with Crippen molar-refractivity contribution < 1.29 is 32.7 Å². The molecule has 0 aliphatic carbocycles. The zero-order valence-corrected chi connectivity index (χ0v) is 14.2. The molecule has 1 heterocycles. The normalized spacial score (nSPS) is 14.4. The van der Waals surface area contributed by atoms with E-state index in [1.165, 1.54) is 0 Å². The summed E-state index contributed by atoms with van der Waals surface area (Å²) in [5, 5.41) is 0. The topological polar surface area (TPSA) is 3.24 Å². The zero-order chi connectivity index (χ0) is 11.5. The Kier molecular flexibility index (Phi) is 5.84. The Morgan fingerprint density at radius 3 is 2.53 bits per heavy atom. The van der Waals surface area contributed by atoms with E-state index in [-0.39, 0.29) is 32.7 Å². The van der Waals surface area contributed by atoms with Crippen molar-refractivity contribution in [2.75, 3.05) is 6.54 Å². The number of hydrogen-bond acceptors (Lipinski definition) is 1. The van der Waals surface area contributed by atoms with Gasteiger partial charge in [0.05, 0.1) is 0 Å². The summed E-state index contributed by atoms with van der Waals surface area (Å²) in [6.07, 6.45) is 7.17. The predicted molar refractivity (Wildman–Crippen MR) is 71.5 cm³/mol. The van der Waals surface area contributed by atoms with E-state index >= 15 is 0 Å². The largest absolute Gasteiger partial charge is 0.376 e. The van der Waals surface area contributed by atoms with Crippen LogP contribution in [0.4, 0.5) is 0 Å². The van der Waals surface area contributed by atoms with Gasteiger partial charge in [-0.15, -0.1) is 18.2 Å². The molecule has 0 saturated heterocycles. The van der Waals surface area contributed by atoms with E-state index in [9.17, 15) is 0 Å². The van der Waals surface area contributed by atoms with Crippen LogP contribution in [0.3, 0.4) is 0 Å². The van der Waals surface area contributed by atoms with E-state index in [4.69, 9.17) is 0 Å². The first kappa shape index (κ1) is 14.9. The maximum absolute atomic E-state index is 4.03. The maximum atomic E-state index is 4.03. The fourth-order valence-corrected chi connectivity index (χ4v) is 2.00. The van der Waals surface area contributed by atoms with Gasteiger partial charge < -0.3 is 4.90 Å². The van der Waals surface area contributed by atoms with Gasteiger partial charge in [0.2, 0.25) is 0 Å². The molecule has 0 atom stereocenters. The van der Waals surface area contributed by atoms with E-state index in [1.807, 2.05) is 24.3 Å². The third kappa shape index (κ3) is 3.40. The van der Waals surface area contributed by atoms with Gasteiger partial charge in [0.25, 0.3) is 0 Å². The zero-order valence-electron chi connectivity index (χ0n) is 9.78. The van der Waals surface area contributed by atoms with E-state index in [1.54, 1.807) is 0 Å². The van der Waals surface area contributed by atoms with E-state index < -0.39 is 0 Å². The molecule has 0 N–H and O–H groups in total. The number of hydrogen-bond donors (Lipinski definition) is 0. The molecule has 1 aliphatic heterocycles. The number of allylic oxidation sites excluding steroid dienone is 3. The van der Waals surface area contributed by atoms with Gasteiger partial charge in [-0.1, -0.05) is 45.9 Å². The predicted octanol–water partition coefficient (Wildman–Crippen LogP) is 4.00. The van der Waals surface area contributed by atoms with Crippen molar-refractivity contribution in [1.82, 2.24) is 4.90 Å². The first-order chi connectivity index (χ1) is 7.72. The quantitative estimate of drug-likeness (QED) is 0.718. The molecule has 0 unspecified atom stereocenters. The molecule has 0 spiro atoms. The monoisotopic (exact) mass is 363 g/mol. The van der Waals surface area contributed by atoms with Crippen molar-refractivity contribution in [2.24, 2.45) is 0 Å². The second-order valence-electron chi connectivity index (χ2n) is 3.57. The molecule has 1 aliphatic rings. The number of rotatable bonds is 2. The number of benzene rings is 1. The molecule has 17 heavy (non-hydrogen) atoms. The summed E-state index contributed by atoms with van der Waals surface area (Å²) in [5.74, 6) is 0. The van der Waals surface area contributed by atoms with Crippen molar-refractivity contribution in [2.45, 2.75) is 6.92 Å². The van der Waals surface area contributed by atoms with Crippen LogP contribution >= 0.6 is 15.9 Å². The van der Waals surface area contributed by atoms with E-state index in [0.717, 1.165) is 28.0 Å². The minimum absolute atomic E-state index is 0. The standard InChI is InChI=1S/C14H13BrN.Y/c1-3-16-11(2)5-4-6-14(16)12-7-9-13(15)10-8-12;/h4-5,7-10H,2-3H2,1H3;/q-1;. The van der Waals surface area contributed by atoms with Crippen LogP contribution in [-0.2, 0) is 32.7 Å². The summed E-state index contributed by atoms with van der Waals surface area (Å²) in [7, 11) is 0. The summed E-state index contributed by atoms with van der Waals surface area (Å²) < 4.78 is 1.09. The number of likely N-dealkylation sites (N-methyl/N-ethyl adjacent to an activating group) is 1. The third-order valence-corrected chi connectivity index (χ3v) is 3.07. The van der Waals surface area contributed by atoms with Gasteiger partial charge in [-0.05, 0) is 12.6 Å². The molecule has 3 heteroatoms. The Hall–Kier alpha value is -0.176. The van der Waals surface area contributed by atoms with Crippen LogP contribution in [0.5, 0.6) is 0 Å². The Morgan fingerprint density at radius 1 is 1.29 bits per heavy atom. The molecule has 1 radical (unpaired) electrons. The van der Waals surface area contributed by atoms with Crippen LogP contribution in [0.1, 0.15) is 12.5 Å². The molecule has 0 bridgehead atoms. The summed E-state index contributed by atoms with van der Waals surface area (Å²) in [4.78, 5) is 2.16. The van der Waals surface area contributed by atoms with Gasteiger partial charge in [-0.25, -0.2) is 0 Å². The fraction of sp³-hybridized carbons (Fsp3) is 0.143. The minimum atomic E-state index is 0. The molecule has 1 aromatic rings. The van der Waals surface area contributed by atoms with Crippen molar-refractivity contribution in [1.29, 1.82) is 0 Å².